The molecule has 0 bridgehead atoms. The van der Waals surface area contributed by atoms with Gasteiger partial charge in [-0.05, 0) is 35.8 Å². The van der Waals surface area contributed by atoms with Gasteiger partial charge in [0.2, 0.25) is 0 Å². The lowest BCUT2D eigenvalue weighted by Crippen LogP contribution is -2.33. The van der Waals surface area contributed by atoms with Gasteiger partial charge in [-0.2, -0.15) is 0 Å². The second-order valence-electron chi connectivity index (χ2n) is 6.41. The van der Waals surface area contributed by atoms with Crippen molar-refractivity contribution in [1.82, 2.24) is 0 Å². The van der Waals surface area contributed by atoms with Gasteiger partial charge in [0.15, 0.2) is 23.0 Å². The first-order valence-electron chi connectivity index (χ1n) is 8.09. The third kappa shape index (κ3) is 3.21. The largest absolute Gasteiger partial charge is 0.504 e. The number of phenolic OH excluding ortho intramolecular Hbond substituents is 1. The maximum Gasteiger partial charge on any atom is 0.328 e. The molecule has 1 aromatic carbocycles. The van der Waals surface area contributed by atoms with Crippen molar-refractivity contribution in [2.24, 2.45) is 5.41 Å². The summed E-state index contributed by atoms with van der Waals surface area (Å²) in [4.78, 5) is 22.8. The van der Waals surface area contributed by atoms with E-state index in [1.165, 1.54) is 25.3 Å². The lowest BCUT2D eigenvalue weighted by molar-refractivity contribution is -0.147. The Morgan fingerprint density at radius 3 is 2.67 bits per heavy atom. The lowest BCUT2D eigenvalue weighted by Gasteiger charge is -2.27. The number of rotatable bonds is 5. The number of aliphatic hydroxyl groups is 1. The van der Waals surface area contributed by atoms with Crippen LogP contribution in [0.5, 0.6) is 11.5 Å². The molecular weight excluding hydrogens is 356 g/mol. The predicted octanol–water partition coefficient (Wildman–Crippen LogP) is 2.67. The third-order valence-corrected chi connectivity index (χ3v) is 4.71. The van der Waals surface area contributed by atoms with E-state index in [2.05, 4.69) is 0 Å². The number of aliphatic carboxylic acids is 2. The van der Waals surface area contributed by atoms with Crippen LogP contribution in [0.25, 0.3) is 0 Å². The molecule has 1 aliphatic carbocycles. The van der Waals surface area contributed by atoms with Gasteiger partial charge >= 0.3 is 11.9 Å². The normalized spacial score (nSPS) is 24.3. The maximum atomic E-state index is 12.1. The van der Waals surface area contributed by atoms with Crippen LogP contribution in [-0.4, -0.2) is 39.5 Å². The first-order valence-corrected chi connectivity index (χ1v) is 8.09. The van der Waals surface area contributed by atoms with Crippen LogP contribution in [0, 0.1) is 5.41 Å². The highest BCUT2D eigenvalue weighted by Crippen LogP contribution is 2.55. The summed E-state index contributed by atoms with van der Waals surface area (Å²) in [5.74, 6) is -2.59. The second kappa shape index (κ2) is 6.71. The molecule has 0 aromatic heterocycles. The Kier molecular flexibility index (Phi) is 4.57. The van der Waals surface area contributed by atoms with Crippen LogP contribution in [0.1, 0.15) is 24.5 Å². The van der Waals surface area contributed by atoms with Crippen LogP contribution in [0.3, 0.4) is 0 Å². The molecule has 0 amide bonds. The Morgan fingerprint density at radius 1 is 1.30 bits per heavy atom. The fourth-order valence-electron chi connectivity index (χ4n) is 3.43. The van der Waals surface area contributed by atoms with E-state index in [4.69, 9.17) is 14.6 Å². The smallest absolute Gasteiger partial charge is 0.328 e. The van der Waals surface area contributed by atoms with Crippen molar-refractivity contribution in [2.45, 2.75) is 18.9 Å². The number of ether oxygens (including phenoxy) is 2. The van der Waals surface area contributed by atoms with Crippen LogP contribution in [0.4, 0.5) is 0 Å². The molecule has 8 nitrogen and oxygen atoms in total. The van der Waals surface area contributed by atoms with Crippen LogP contribution >= 0.6 is 0 Å². The lowest BCUT2D eigenvalue weighted by atomic mass is 9.73. The molecule has 2 atom stereocenters. The highest BCUT2D eigenvalue weighted by molar-refractivity contribution is 5.82. The van der Waals surface area contributed by atoms with Gasteiger partial charge in [0.1, 0.15) is 11.5 Å². The van der Waals surface area contributed by atoms with Gasteiger partial charge in [-0.25, -0.2) is 4.79 Å². The number of aliphatic hydroxyl groups excluding tert-OH is 1. The van der Waals surface area contributed by atoms with E-state index in [0.717, 1.165) is 6.08 Å². The molecule has 1 aromatic rings. The van der Waals surface area contributed by atoms with Gasteiger partial charge in [0.25, 0.3) is 0 Å². The molecule has 142 valence electrons. The number of carboxylic acid groups (broad SMARTS) is 2. The van der Waals surface area contributed by atoms with E-state index in [1.54, 1.807) is 12.1 Å². The number of carbonyl (C=O) groups is 2. The fourth-order valence-corrected chi connectivity index (χ4v) is 3.43. The SMILES string of the molecule is COc1cc([C@@H]2CC3(C(=O)O)CC(/C=C/C(=O)O)=CC(O)=C3O2)ccc1O. The standard InChI is InChI=1S/C19H18O8/c1-26-14-7-11(3-4-12(14)20)15-9-19(18(24)25)8-10(2-5-16(22)23)6-13(21)17(19)27-15/h2-7,15,20-21H,8-9H2,1H3,(H,22,23)(H,24,25)/b5-2+/t15-,19?/m0/s1. The second-order valence-corrected chi connectivity index (χ2v) is 6.41. The summed E-state index contributed by atoms with van der Waals surface area (Å²) in [6, 6.07) is 4.55. The van der Waals surface area contributed by atoms with Gasteiger partial charge in [-0.1, -0.05) is 12.1 Å². The highest BCUT2D eigenvalue weighted by Gasteiger charge is 2.55. The molecule has 27 heavy (non-hydrogen) atoms. The van der Waals surface area contributed by atoms with Crippen molar-refractivity contribution in [3.05, 3.63) is 59.1 Å². The van der Waals surface area contributed by atoms with Gasteiger partial charge in [-0.15, -0.1) is 0 Å². The van der Waals surface area contributed by atoms with E-state index in [0.29, 0.717) is 11.1 Å². The maximum absolute atomic E-state index is 12.1. The number of methoxy groups -OCH3 is 1. The molecule has 3 rings (SSSR count). The molecular formula is C19H18O8. The molecule has 2 aliphatic rings. The number of hydrogen-bond acceptors (Lipinski definition) is 6. The van der Waals surface area contributed by atoms with Crippen molar-refractivity contribution < 1.29 is 39.5 Å². The summed E-state index contributed by atoms with van der Waals surface area (Å²) in [5, 5.41) is 38.7. The van der Waals surface area contributed by atoms with Crippen LogP contribution in [0.15, 0.2) is 53.5 Å². The number of carboxylic acids is 2. The van der Waals surface area contributed by atoms with Crippen molar-refractivity contribution in [1.29, 1.82) is 0 Å². The first-order chi connectivity index (χ1) is 12.8. The number of aromatic hydroxyl groups is 1. The van der Waals surface area contributed by atoms with Crippen LogP contribution < -0.4 is 4.74 Å². The molecule has 1 aliphatic heterocycles. The Bertz CT molecular complexity index is 895. The summed E-state index contributed by atoms with van der Waals surface area (Å²) in [6.07, 6.45) is 2.79. The first kappa shape index (κ1) is 18.4. The van der Waals surface area contributed by atoms with E-state index in [9.17, 15) is 24.9 Å². The fraction of sp³-hybridized carbons (Fsp3) is 0.263. The van der Waals surface area contributed by atoms with Gasteiger partial charge in [-0.3, -0.25) is 4.79 Å². The minimum atomic E-state index is -1.51. The van der Waals surface area contributed by atoms with Gasteiger partial charge in [0.05, 0.1) is 7.11 Å². The van der Waals surface area contributed by atoms with E-state index < -0.39 is 23.5 Å². The Hall–Kier alpha value is -3.42. The summed E-state index contributed by atoms with van der Waals surface area (Å²) in [5.41, 5.74) is -0.552. The van der Waals surface area contributed by atoms with Gasteiger partial charge in [0, 0.05) is 12.5 Å². The number of benzene rings is 1. The van der Waals surface area contributed by atoms with Gasteiger partial charge < -0.3 is 29.9 Å². The Morgan fingerprint density at radius 2 is 2.04 bits per heavy atom. The van der Waals surface area contributed by atoms with Crippen LogP contribution in [-0.2, 0) is 14.3 Å². The average Bonchev–Trinajstić information content (AvgIpc) is 3.02. The molecule has 0 radical (unpaired) electrons. The third-order valence-electron chi connectivity index (χ3n) is 4.71. The van der Waals surface area contributed by atoms with Crippen molar-refractivity contribution >= 4 is 11.9 Å². The Labute approximate surface area is 154 Å². The summed E-state index contributed by atoms with van der Waals surface area (Å²) < 4.78 is 10.8. The highest BCUT2D eigenvalue weighted by atomic mass is 16.5. The van der Waals surface area contributed by atoms with Crippen molar-refractivity contribution in [3.8, 4) is 11.5 Å². The monoisotopic (exact) mass is 374 g/mol. The number of allylic oxidation sites excluding steroid dienone is 3. The molecule has 0 spiro atoms. The van der Waals surface area contributed by atoms with Crippen molar-refractivity contribution in [2.75, 3.05) is 7.11 Å². The minimum Gasteiger partial charge on any atom is -0.504 e. The molecule has 1 saturated heterocycles. The molecule has 1 unspecified atom stereocenters. The predicted molar refractivity (Wildman–Crippen MR) is 92.3 cm³/mol. The van der Waals surface area contributed by atoms with Crippen molar-refractivity contribution in [3.63, 3.8) is 0 Å². The number of phenols is 1. The molecule has 0 saturated carbocycles. The van der Waals surface area contributed by atoms with Crippen LogP contribution in [0.2, 0.25) is 0 Å². The molecule has 1 heterocycles. The zero-order valence-corrected chi connectivity index (χ0v) is 14.4. The Balaban J connectivity index is 1.98. The average molecular weight is 374 g/mol. The number of fused-ring (bicyclic) bond motifs is 1. The van der Waals surface area contributed by atoms with E-state index in [1.807, 2.05) is 0 Å². The quantitative estimate of drug-likeness (QED) is 0.578. The molecule has 8 heteroatoms. The summed E-state index contributed by atoms with van der Waals surface area (Å²) >= 11 is 0. The van der Waals surface area contributed by atoms with E-state index >= 15 is 0 Å². The van der Waals surface area contributed by atoms with E-state index in [-0.39, 0.29) is 35.9 Å². The summed E-state index contributed by atoms with van der Waals surface area (Å²) in [7, 11) is 1.40. The summed E-state index contributed by atoms with van der Waals surface area (Å²) in [6.45, 7) is 0. The molecule has 4 N–H and O–H groups in total. The number of hydrogen-bond donors (Lipinski definition) is 4. The zero-order chi connectivity index (χ0) is 19.8. The topological polar surface area (TPSA) is 134 Å². The minimum absolute atomic E-state index is 0.0166. The molecule has 1 fully saturated rings. The zero-order valence-electron chi connectivity index (χ0n) is 14.4.